The first-order valence-corrected chi connectivity index (χ1v) is 20.7. The van der Waals surface area contributed by atoms with Gasteiger partial charge in [-0.3, -0.25) is 9.97 Å². The Kier molecular flexibility index (Phi) is 11.2. The second-order valence-corrected chi connectivity index (χ2v) is 15.8. The summed E-state index contributed by atoms with van der Waals surface area (Å²) in [5, 5.41) is 1.86. The fourth-order valence-electron chi connectivity index (χ4n) is 8.19. The summed E-state index contributed by atoms with van der Waals surface area (Å²) in [6.07, 6.45) is 1.79. The number of oxazole rings is 1. The smallest absolute Gasteiger partial charge is 0.215 e. The van der Waals surface area contributed by atoms with Crippen molar-refractivity contribution in [3.63, 3.8) is 0 Å². The maximum absolute atomic E-state index is 6.90. The van der Waals surface area contributed by atoms with E-state index in [1.807, 2.05) is 84.9 Å². The van der Waals surface area contributed by atoms with Gasteiger partial charge in [0.1, 0.15) is 5.58 Å². The fourth-order valence-corrected chi connectivity index (χ4v) is 8.19. The normalized spacial score (nSPS) is 11.4. The molecule has 0 aliphatic rings. The number of benzene rings is 7. The van der Waals surface area contributed by atoms with Crippen molar-refractivity contribution in [3.8, 4) is 50.9 Å². The molecule has 305 valence electrons. The second kappa shape index (κ2) is 17.2. The molecule has 7 heteroatoms. The van der Waals surface area contributed by atoms with Crippen LogP contribution in [0.2, 0.25) is 0 Å². The molecular weight excluding hydrogens is 941 g/mol. The first-order chi connectivity index (χ1) is 29.9. The van der Waals surface area contributed by atoms with Crippen LogP contribution in [0.25, 0.3) is 95.0 Å². The van der Waals surface area contributed by atoms with Gasteiger partial charge in [-0.1, -0.05) is 142 Å². The number of imidazole rings is 1. The fraction of sp³-hybridized carbons (Fsp3) is 0.109. The molecule has 6 nitrogen and oxygen atoms in total. The molecule has 0 atom stereocenters. The zero-order chi connectivity index (χ0) is 41.5. The van der Waals surface area contributed by atoms with Crippen LogP contribution in [0.3, 0.4) is 0 Å². The summed E-state index contributed by atoms with van der Waals surface area (Å²) >= 11 is 0. The van der Waals surface area contributed by atoms with E-state index >= 15 is 0 Å². The van der Waals surface area contributed by atoms with Crippen LogP contribution in [0.1, 0.15) is 50.7 Å². The Labute approximate surface area is 374 Å². The van der Waals surface area contributed by atoms with Gasteiger partial charge in [-0.25, -0.2) is 0 Å². The second-order valence-electron chi connectivity index (χ2n) is 15.8. The van der Waals surface area contributed by atoms with E-state index in [4.69, 9.17) is 18.8 Å². The van der Waals surface area contributed by atoms with Crippen LogP contribution in [0.5, 0.6) is 0 Å². The summed E-state index contributed by atoms with van der Waals surface area (Å²) in [6, 6.07) is 62.2. The number of hydrogen-bond donors (Lipinski definition) is 0. The molecule has 0 saturated heterocycles. The van der Waals surface area contributed by atoms with Crippen LogP contribution in [-0.4, -0.2) is 19.5 Å². The molecular formula is C55H42IrN4O2-2. The molecule has 0 amide bonds. The molecule has 4 aromatic heterocycles. The quantitative estimate of drug-likeness (QED) is 0.149. The van der Waals surface area contributed by atoms with Gasteiger partial charge >= 0.3 is 0 Å². The van der Waals surface area contributed by atoms with Crippen molar-refractivity contribution in [2.75, 3.05) is 0 Å². The zero-order valence-electron chi connectivity index (χ0n) is 34.8. The van der Waals surface area contributed by atoms with Crippen molar-refractivity contribution in [3.05, 3.63) is 193 Å². The Balaban J connectivity index is 0.000000325. The maximum atomic E-state index is 6.90. The summed E-state index contributed by atoms with van der Waals surface area (Å²) in [7, 11) is 0. The third kappa shape index (κ3) is 7.44. The minimum Gasteiger partial charge on any atom is -0.500 e. The summed E-state index contributed by atoms with van der Waals surface area (Å²) in [5.74, 6) is 1.88. The minimum atomic E-state index is 0. The van der Waals surface area contributed by atoms with E-state index in [-0.39, 0.29) is 20.1 Å². The molecule has 11 aromatic rings. The SMILES string of the molecule is CC(C)c1cccc(C(C)C)c1-n1c(-c2[c-]c3oc(-c4ccccc4)nc3c3c2oc2cc(-c4ccccc4)ccc23)nc2ccccc21.[Ir].[c-]1ccccc1-c1ccccn1. The Morgan fingerprint density at radius 3 is 2.00 bits per heavy atom. The zero-order valence-corrected chi connectivity index (χ0v) is 37.2. The molecule has 0 bridgehead atoms. The van der Waals surface area contributed by atoms with Gasteiger partial charge in [0.25, 0.3) is 0 Å². The molecule has 0 unspecified atom stereocenters. The predicted octanol–water partition coefficient (Wildman–Crippen LogP) is 14.7. The predicted molar refractivity (Wildman–Crippen MR) is 248 cm³/mol. The molecule has 0 aliphatic heterocycles. The standard InChI is InChI=1S/C44H34N3O2.C11H8N.Ir/c1-26(2)31-18-13-19-32(27(3)4)41(31)47-36-21-12-11-20-35(36)45-43(47)34-25-38-40(46-44(49-38)29-16-9-6-10-17-29)39-33-23-22-30(24-37(33)48-42(34)39)28-14-7-5-8-15-28;1-2-6-10(7-3-1)11-8-4-5-9-12-11;/h5-24,26-27H,1-4H3;1-6,8-9H;/q2*-1;. The molecule has 11 rings (SSSR count). The monoisotopic (exact) mass is 983 g/mol. The Morgan fingerprint density at radius 2 is 1.31 bits per heavy atom. The van der Waals surface area contributed by atoms with E-state index in [9.17, 15) is 0 Å². The number of rotatable bonds is 7. The van der Waals surface area contributed by atoms with Crippen molar-refractivity contribution in [1.82, 2.24) is 19.5 Å². The van der Waals surface area contributed by atoms with Gasteiger partial charge in [0.15, 0.2) is 0 Å². The van der Waals surface area contributed by atoms with Gasteiger partial charge in [-0.2, -0.15) is 0 Å². The third-order valence-corrected chi connectivity index (χ3v) is 11.1. The maximum Gasteiger partial charge on any atom is 0.215 e. The van der Waals surface area contributed by atoms with Crippen molar-refractivity contribution >= 4 is 44.1 Å². The number of furan rings is 1. The number of fused-ring (bicyclic) bond motifs is 6. The summed E-state index contributed by atoms with van der Waals surface area (Å²) in [4.78, 5) is 14.6. The van der Waals surface area contributed by atoms with Gasteiger partial charge in [0.2, 0.25) is 5.89 Å². The largest absolute Gasteiger partial charge is 0.500 e. The van der Waals surface area contributed by atoms with Crippen molar-refractivity contribution in [2.45, 2.75) is 39.5 Å². The summed E-state index contributed by atoms with van der Waals surface area (Å²) in [5.41, 5.74) is 14.2. The van der Waals surface area contributed by atoms with Crippen molar-refractivity contribution in [2.24, 2.45) is 0 Å². The van der Waals surface area contributed by atoms with Crippen LogP contribution in [0.15, 0.2) is 179 Å². The van der Waals surface area contributed by atoms with E-state index in [2.05, 4.69) is 128 Å². The summed E-state index contributed by atoms with van der Waals surface area (Å²) < 4.78 is 15.7. The van der Waals surface area contributed by atoms with Gasteiger partial charge in [-0.05, 0) is 81.6 Å². The molecule has 62 heavy (non-hydrogen) atoms. The topological polar surface area (TPSA) is 69.9 Å². The Bertz CT molecular complexity index is 3240. The van der Waals surface area contributed by atoms with Crippen LogP contribution in [-0.2, 0) is 20.1 Å². The van der Waals surface area contributed by atoms with E-state index < -0.39 is 0 Å². The van der Waals surface area contributed by atoms with E-state index in [1.54, 1.807) is 6.20 Å². The van der Waals surface area contributed by atoms with Gasteiger partial charge in [0, 0.05) is 48.5 Å². The molecule has 0 N–H and O–H groups in total. The number of pyridine rings is 1. The van der Waals surface area contributed by atoms with Crippen molar-refractivity contribution < 1.29 is 28.9 Å². The van der Waals surface area contributed by atoms with E-state index in [0.29, 0.717) is 28.9 Å². The Morgan fingerprint density at radius 1 is 0.613 bits per heavy atom. The number of nitrogens with zero attached hydrogens (tertiary/aromatic N) is 4. The van der Waals surface area contributed by atoms with Gasteiger partial charge < -0.3 is 18.4 Å². The van der Waals surface area contributed by atoms with E-state index in [1.165, 1.54) is 11.1 Å². The molecule has 0 aliphatic carbocycles. The molecule has 1 radical (unpaired) electrons. The minimum absolute atomic E-state index is 0. The molecule has 7 aromatic carbocycles. The van der Waals surface area contributed by atoms with Gasteiger partial charge in [0.05, 0.1) is 28.0 Å². The van der Waals surface area contributed by atoms with Crippen LogP contribution >= 0.6 is 0 Å². The average molecular weight is 983 g/mol. The van der Waals surface area contributed by atoms with Gasteiger partial charge in [-0.15, -0.1) is 35.9 Å². The summed E-state index contributed by atoms with van der Waals surface area (Å²) in [6.45, 7) is 9.01. The van der Waals surface area contributed by atoms with Crippen molar-refractivity contribution in [1.29, 1.82) is 0 Å². The van der Waals surface area contributed by atoms with Crippen LogP contribution < -0.4 is 0 Å². The number of aromatic nitrogens is 4. The first kappa shape index (κ1) is 40.5. The first-order valence-electron chi connectivity index (χ1n) is 20.7. The van der Waals surface area contributed by atoms with E-state index in [0.717, 1.165) is 77.9 Å². The molecule has 0 spiro atoms. The van der Waals surface area contributed by atoms with Crippen LogP contribution in [0, 0.1) is 12.1 Å². The molecule has 4 heterocycles. The number of hydrogen-bond acceptors (Lipinski definition) is 5. The molecule has 0 fully saturated rings. The number of para-hydroxylation sites is 3. The third-order valence-electron chi connectivity index (χ3n) is 11.1. The average Bonchev–Trinajstić information content (AvgIpc) is 4.03. The molecule has 0 saturated carbocycles. The Hall–Kier alpha value is -6.92. The van der Waals surface area contributed by atoms with Crippen LogP contribution in [0.4, 0.5) is 0 Å².